The van der Waals surface area contributed by atoms with Crippen LogP contribution in [0.4, 0.5) is 0 Å². The highest BCUT2D eigenvalue weighted by atomic mass is 16.3. The number of nitrogens with zero attached hydrogens (tertiary/aromatic N) is 3. The molecule has 4 heteroatoms. The summed E-state index contributed by atoms with van der Waals surface area (Å²) in [5.74, 6) is 1.48. The summed E-state index contributed by atoms with van der Waals surface area (Å²) < 4.78 is 8.55. The quantitative estimate of drug-likeness (QED) is 0.164. The van der Waals surface area contributed by atoms with E-state index < -0.39 is 0 Å². The van der Waals surface area contributed by atoms with Gasteiger partial charge < -0.3 is 4.42 Å². The van der Waals surface area contributed by atoms with Gasteiger partial charge in [-0.25, -0.2) is 0 Å². The molecule has 0 fully saturated rings. The molecule has 2 aromatic heterocycles. The van der Waals surface area contributed by atoms with E-state index in [-0.39, 0.29) is 0 Å². The number of para-hydroxylation sites is 1. The van der Waals surface area contributed by atoms with Crippen molar-refractivity contribution in [1.29, 1.82) is 0 Å². The third-order valence-electron chi connectivity index (χ3n) is 10.1. The Kier molecular flexibility index (Phi) is 7.43. The largest absolute Gasteiger partial charge is 0.455 e. The minimum Gasteiger partial charge on any atom is -0.455 e. The van der Waals surface area contributed by atoms with Crippen molar-refractivity contribution in [2.75, 3.05) is 0 Å². The van der Waals surface area contributed by atoms with Crippen molar-refractivity contribution >= 4 is 32.7 Å². The van der Waals surface area contributed by atoms with E-state index in [0.717, 1.165) is 77.6 Å². The van der Waals surface area contributed by atoms with Crippen LogP contribution in [0, 0.1) is 0 Å². The van der Waals surface area contributed by atoms with Crippen LogP contribution in [0.3, 0.4) is 0 Å². The van der Waals surface area contributed by atoms with Gasteiger partial charge in [-0.2, -0.15) is 4.57 Å². The summed E-state index contributed by atoms with van der Waals surface area (Å²) in [5.41, 5.74) is 11.7. The number of rotatable bonds is 6. The van der Waals surface area contributed by atoms with Crippen LogP contribution >= 0.6 is 0 Å². The molecular weight excluding hydrogens is 647 g/mol. The lowest BCUT2D eigenvalue weighted by atomic mass is 9.96. The predicted octanol–water partition coefficient (Wildman–Crippen LogP) is 12.1. The molecule has 0 saturated carbocycles. The maximum atomic E-state index is 6.48. The molecule has 0 spiro atoms. The molecule has 0 unspecified atom stereocenters. The predicted molar refractivity (Wildman–Crippen MR) is 216 cm³/mol. The van der Waals surface area contributed by atoms with Crippen molar-refractivity contribution in [3.05, 3.63) is 194 Å². The van der Waals surface area contributed by atoms with Crippen LogP contribution in [-0.4, -0.2) is 9.97 Å². The summed E-state index contributed by atoms with van der Waals surface area (Å²) in [6, 6.07) is 65.6. The van der Waals surface area contributed by atoms with Crippen molar-refractivity contribution in [2.24, 2.45) is 0 Å². The van der Waals surface area contributed by atoms with Gasteiger partial charge in [-0.1, -0.05) is 149 Å². The summed E-state index contributed by atoms with van der Waals surface area (Å²) in [7, 11) is 0. The molecule has 0 atom stereocenters. The second kappa shape index (κ2) is 12.9. The van der Waals surface area contributed by atoms with Crippen molar-refractivity contribution in [3.63, 3.8) is 0 Å². The van der Waals surface area contributed by atoms with E-state index in [9.17, 15) is 0 Å². The molecule has 4 nitrogen and oxygen atoms in total. The van der Waals surface area contributed by atoms with Gasteiger partial charge in [0.2, 0.25) is 6.33 Å². The van der Waals surface area contributed by atoms with Crippen LogP contribution in [0.5, 0.6) is 0 Å². The lowest BCUT2D eigenvalue weighted by molar-refractivity contribution is -0.590. The Balaban J connectivity index is 1.06. The molecular formula is C49H32N3O+. The zero-order valence-electron chi connectivity index (χ0n) is 28.7. The molecule has 0 aliphatic heterocycles. The molecule has 0 radical (unpaired) electrons. The number of hydrogen-bond donors (Lipinski definition) is 0. The van der Waals surface area contributed by atoms with E-state index in [0.29, 0.717) is 5.82 Å². The number of furan rings is 1. The zero-order chi connectivity index (χ0) is 35.1. The molecule has 0 aliphatic rings. The molecule has 10 aromatic rings. The zero-order valence-corrected chi connectivity index (χ0v) is 28.7. The van der Waals surface area contributed by atoms with Crippen LogP contribution in [0.25, 0.3) is 94.6 Å². The van der Waals surface area contributed by atoms with Gasteiger partial charge in [0.05, 0.1) is 11.1 Å². The molecule has 8 aromatic carbocycles. The molecule has 0 amide bonds. The number of fused-ring (bicyclic) bond motifs is 5. The van der Waals surface area contributed by atoms with Gasteiger partial charge in [0.1, 0.15) is 16.9 Å². The average Bonchev–Trinajstić information content (AvgIpc) is 3.63. The maximum absolute atomic E-state index is 6.48. The SMILES string of the molecule is c1ccc(-c2ccc(-c3nc[n+](-c4ccc(-c5cccc6ccc7c8ccccc8oc7c56)cc4)c(-c4ccc(-c5ccccc5)cc4)n3)cc2)cc1. The fourth-order valence-corrected chi connectivity index (χ4v) is 7.36. The Morgan fingerprint density at radius 3 is 1.70 bits per heavy atom. The van der Waals surface area contributed by atoms with Crippen molar-refractivity contribution in [1.82, 2.24) is 9.97 Å². The Bertz CT molecular complexity index is 2900. The molecule has 0 N–H and O–H groups in total. The van der Waals surface area contributed by atoms with Crippen LogP contribution in [0.1, 0.15) is 0 Å². The third kappa shape index (κ3) is 5.54. The maximum Gasteiger partial charge on any atom is 0.307 e. The smallest absolute Gasteiger partial charge is 0.307 e. The summed E-state index contributed by atoms with van der Waals surface area (Å²) >= 11 is 0. The van der Waals surface area contributed by atoms with Gasteiger partial charge in [0.15, 0.2) is 0 Å². The third-order valence-corrected chi connectivity index (χ3v) is 10.1. The Hall–Kier alpha value is -7.17. The Morgan fingerprint density at radius 2 is 1.00 bits per heavy atom. The topological polar surface area (TPSA) is 42.8 Å². The van der Waals surface area contributed by atoms with Crippen LogP contribution < -0.4 is 4.57 Å². The first-order chi connectivity index (χ1) is 26.3. The molecule has 0 saturated heterocycles. The molecule has 248 valence electrons. The fraction of sp³-hybridized carbons (Fsp3) is 0. The highest BCUT2D eigenvalue weighted by molar-refractivity contribution is 6.18. The van der Waals surface area contributed by atoms with Crippen molar-refractivity contribution < 1.29 is 8.98 Å². The molecule has 53 heavy (non-hydrogen) atoms. The number of aromatic nitrogens is 3. The van der Waals surface area contributed by atoms with E-state index in [2.05, 4.69) is 168 Å². The van der Waals surface area contributed by atoms with Gasteiger partial charge in [0.25, 0.3) is 5.82 Å². The first-order valence-corrected chi connectivity index (χ1v) is 17.8. The average molecular weight is 679 g/mol. The Labute approximate surface area is 306 Å². The van der Waals surface area contributed by atoms with E-state index in [1.807, 2.05) is 30.6 Å². The highest BCUT2D eigenvalue weighted by Crippen LogP contribution is 2.39. The van der Waals surface area contributed by atoms with Gasteiger partial charge >= 0.3 is 5.82 Å². The van der Waals surface area contributed by atoms with E-state index in [1.54, 1.807) is 0 Å². The minimum atomic E-state index is 0.672. The normalized spacial score (nSPS) is 11.4. The lowest BCUT2D eigenvalue weighted by Crippen LogP contribution is -2.35. The van der Waals surface area contributed by atoms with Gasteiger partial charge in [0, 0.05) is 16.2 Å². The van der Waals surface area contributed by atoms with Gasteiger partial charge in [-0.15, -0.1) is 0 Å². The lowest BCUT2D eigenvalue weighted by Gasteiger charge is -2.10. The summed E-state index contributed by atoms with van der Waals surface area (Å²) in [6.07, 6.45) is 1.89. The Morgan fingerprint density at radius 1 is 0.415 bits per heavy atom. The van der Waals surface area contributed by atoms with Gasteiger partial charge in [-0.05, 0) is 87.3 Å². The number of hydrogen-bond acceptors (Lipinski definition) is 3. The first kappa shape index (κ1) is 30.6. The highest BCUT2D eigenvalue weighted by Gasteiger charge is 2.21. The van der Waals surface area contributed by atoms with E-state index in [1.165, 1.54) is 11.1 Å². The van der Waals surface area contributed by atoms with Crippen LogP contribution in [-0.2, 0) is 0 Å². The van der Waals surface area contributed by atoms with E-state index >= 15 is 0 Å². The van der Waals surface area contributed by atoms with Crippen LogP contribution in [0.15, 0.2) is 199 Å². The summed E-state index contributed by atoms with van der Waals surface area (Å²) in [4.78, 5) is 10.1. The molecule has 2 heterocycles. The summed E-state index contributed by atoms with van der Waals surface area (Å²) in [6.45, 7) is 0. The van der Waals surface area contributed by atoms with Crippen LogP contribution in [0.2, 0.25) is 0 Å². The second-order valence-corrected chi connectivity index (χ2v) is 13.3. The first-order valence-electron chi connectivity index (χ1n) is 17.8. The van der Waals surface area contributed by atoms with Gasteiger partial charge in [-0.3, -0.25) is 0 Å². The number of benzene rings is 8. The molecule has 10 rings (SSSR count). The fourth-order valence-electron chi connectivity index (χ4n) is 7.36. The molecule has 0 aliphatic carbocycles. The minimum absolute atomic E-state index is 0.672. The standard InChI is InChI=1S/C49H32N3O/c1-3-10-33(11-4-1)35-18-22-39(23-19-35)48-50-32-52(49(51-48)40-24-20-36(21-25-40)34-12-5-2-6-13-34)41-29-26-37(27-30-41)42-16-9-14-38-28-31-44-43-15-7-8-17-45(43)53-47(44)46(38)42/h1-32H/q+1. The monoisotopic (exact) mass is 678 g/mol. The van der Waals surface area contributed by atoms with E-state index in [4.69, 9.17) is 14.4 Å². The molecule has 0 bridgehead atoms. The second-order valence-electron chi connectivity index (χ2n) is 13.3. The van der Waals surface area contributed by atoms with Crippen molar-refractivity contribution in [3.8, 4) is 61.8 Å². The summed E-state index contributed by atoms with van der Waals surface area (Å²) in [5, 5.41) is 4.52. The van der Waals surface area contributed by atoms with Crippen molar-refractivity contribution in [2.45, 2.75) is 0 Å².